The maximum Gasteiger partial charge on any atom is 0.306 e. The summed E-state index contributed by atoms with van der Waals surface area (Å²) >= 11 is 0. The minimum Gasteiger partial charge on any atom is -0.462 e. The number of rotatable bonds is 47. The quantitative estimate of drug-likeness (QED) is 0.0199. The van der Waals surface area contributed by atoms with Gasteiger partial charge in [0.2, 0.25) is 0 Å². The fraction of sp³-hybridized carbons (Fsp3) is 0.768. The number of unbranched alkanes of at least 4 members (excludes halogenated alkanes) is 27. The van der Waals surface area contributed by atoms with Crippen LogP contribution in [0.1, 0.15) is 258 Å². The summed E-state index contributed by atoms with van der Waals surface area (Å²) in [7, 11) is 0. The molecule has 0 saturated carbocycles. The zero-order valence-electron chi connectivity index (χ0n) is 40.9. The Balaban J connectivity index is 4.37. The van der Waals surface area contributed by atoms with Crippen molar-refractivity contribution in [2.45, 2.75) is 264 Å². The summed E-state index contributed by atoms with van der Waals surface area (Å²) in [4.78, 5) is 38.0. The van der Waals surface area contributed by atoms with Crippen LogP contribution in [0.2, 0.25) is 0 Å². The van der Waals surface area contributed by atoms with Crippen molar-refractivity contribution in [1.82, 2.24) is 0 Å². The summed E-state index contributed by atoms with van der Waals surface area (Å²) in [5.74, 6) is -0.922. The van der Waals surface area contributed by atoms with Gasteiger partial charge in [-0.25, -0.2) is 0 Å². The monoisotopic (exact) mass is 867 g/mol. The molecule has 0 aliphatic carbocycles. The van der Waals surface area contributed by atoms with Gasteiger partial charge in [-0.3, -0.25) is 14.4 Å². The molecule has 0 N–H and O–H groups in total. The number of carbonyl (C=O) groups is 3. The first-order valence-corrected chi connectivity index (χ1v) is 26.3. The number of hydrogen-bond donors (Lipinski definition) is 0. The molecule has 0 heterocycles. The van der Waals surface area contributed by atoms with Crippen LogP contribution in [0.5, 0.6) is 0 Å². The molecule has 0 aliphatic heterocycles. The van der Waals surface area contributed by atoms with Crippen molar-refractivity contribution < 1.29 is 28.6 Å². The van der Waals surface area contributed by atoms with E-state index in [1.54, 1.807) is 0 Å². The minimum atomic E-state index is -0.789. The molecular weight excluding hydrogens is 769 g/mol. The minimum absolute atomic E-state index is 0.0862. The molecule has 0 aromatic carbocycles. The number of ether oxygens (including phenoxy) is 3. The normalized spacial score (nSPS) is 12.5. The highest BCUT2D eigenvalue weighted by Gasteiger charge is 2.19. The standard InChI is InChI=1S/C56H98O6/c1-4-7-10-13-16-19-22-24-26-28-30-31-34-37-40-43-46-49-55(58)61-52-53(51-60-54(57)48-45-42-39-36-33-21-18-15-12-9-6-3)62-56(59)50-47-44-41-38-35-32-29-27-25-23-20-17-14-11-8-5-2/h8,11,15,17-18,20-21,25,27,33,53H,4-7,9-10,12-14,16,19,22-24,26,28-32,34-52H2,1-3H3/b11-8-,18-15-,20-17-,27-25-,33-21-. The first-order chi connectivity index (χ1) is 30.5. The maximum atomic E-state index is 12.8. The van der Waals surface area contributed by atoms with Gasteiger partial charge in [0.25, 0.3) is 0 Å². The van der Waals surface area contributed by atoms with Gasteiger partial charge in [0.15, 0.2) is 6.10 Å². The van der Waals surface area contributed by atoms with E-state index in [4.69, 9.17) is 14.2 Å². The predicted octanol–water partition coefficient (Wildman–Crippen LogP) is 17.3. The van der Waals surface area contributed by atoms with Gasteiger partial charge in [-0.2, -0.15) is 0 Å². The average Bonchev–Trinajstić information content (AvgIpc) is 3.27. The van der Waals surface area contributed by atoms with E-state index in [-0.39, 0.29) is 31.1 Å². The Morgan fingerprint density at radius 3 is 1.15 bits per heavy atom. The van der Waals surface area contributed by atoms with E-state index in [2.05, 4.69) is 81.5 Å². The van der Waals surface area contributed by atoms with Crippen molar-refractivity contribution in [3.8, 4) is 0 Å². The van der Waals surface area contributed by atoms with Crippen LogP contribution in [0.25, 0.3) is 0 Å². The van der Waals surface area contributed by atoms with Crippen molar-refractivity contribution in [2.75, 3.05) is 13.2 Å². The lowest BCUT2D eigenvalue weighted by Gasteiger charge is -2.18. The second kappa shape index (κ2) is 50.8. The SMILES string of the molecule is CC/C=C\C/C=C\C/C=C\CCCCCCCCC(=O)OC(COC(=O)CCCCC/C=C\C=C/CCCC)COC(=O)CCCCCCCCCCCCCCCCCCC. The maximum absolute atomic E-state index is 12.8. The van der Waals surface area contributed by atoms with Crippen LogP contribution in [0.15, 0.2) is 60.8 Å². The third-order valence-electron chi connectivity index (χ3n) is 11.3. The molecule has 0 spiro atoms. The third kappa shape index (κ3) is 48.1. The van der Waals surface area contributed by atoms with Gasteiger partial charge in [-0.15, -0.1) is 0 Å². The van der Waals surface area contributed by atoms with E-state index in [9.17, 15) is 14.4 Å². The van der Waals surface area contributed by atoms with Crippen LogP contribution in [0.3, 0.4) is 0 Å². The molecule has 358 valence electrons. The molecule has 0 rings (SSSR count). The molecule has 6 heteroatoms. The van der Waals surface area contributed by atoms with Crippen molar-refractivity contribution in [3.63, 3.8) is 0 Å². The van der Waals surface area contributed by atoms with Crippen LogP contribution in [0.4, 0.5) is 0 Å². The summed E-state index contributed by atoms with van der Waals surface area (Å²) in [5, 5.41) is 0. The molecule has 0 bridgehead atoms. The Morgan fingerprint density at radius 2 is 0.694 bits per heavy atom. The lowest BCUT2D eigenvalue weighted by atomic mass is 10.0. The van der Waals surface area contributed by atoms with Crippen LogP contribution in [0, 0.1) is 0 Å². The first-order valence-electron chi connectivity index (χ1n) is 26.3. The Bertz CT molecular complexity index is 1130. The Hall–Kier alpha value is -2.89. The van der Waals surface area contributed by atoms with Crippen molar-refractivity contribution in [3.05, 3.63) is 60.8 Å². The summed E-state index contributed by atoms with van der Waals surface area (Å²) < 4.78 is 16.8. The van der Waals surface area contributed by atoms with Crippen molar-refractivity contribution >= 4 is 17.9 Å². The first kappa shape index (κ1) is 59.1. The van der Waals surface area contributed by atoms with Gasteiger partial charge in [0, 0.05) is 19.3 Å². The second-order valence-corrected chi connectivity index (χ2v) is 17.4. The number of allylic oxidation sites excluding steroid dienone is 10. The fourth-order valence-corrected chi connectivity index (χ4v) is 7.32. The highest BCUT2D eigenvalue weighted by molar-refractivity contribution is 5.71. The van der Waals surface area contributed by atoms with Crippen LogP contribution >= 0.6 is 0 Å². The smallest absolute Gasteiger partial charge is 0.306 e. The molecule has 0 aliphatic rings. The van der Waals surface area contributed by atoms with Crippen molar-refractivity contribution in [2.24, 2.45) is 0 Å². The van der Waals surface area contributed by atoms with Crippen LogP contribution < -0.4 is 0 Å². The van der Waals surface area contributed by atoms with Gasteiger partial charge in [-0.1, -0.05) is 229 Å². The molecule has 6 nitrogen and oxygen atoms in total. The largest absolute Gasteiger partial charge is 0.462 e. The van der Waals surface area contributed by atoms with Crippen LogP contribution in [-0.4, -0.2) is 37.2 Å². The molecule has 1 atom stereocenters. The van der Waals surface area contributed by atoms with Crippen LogP contribution in [-0.2, 0) is 28.6 Å². The Morgan fingerprint density at radius 1 is 0.355 bits per heavy atom. The van der Waals surface area contributed by atoms with E-state index in [0.29, 0.717) is 19.3 Å². The Kier molecular flexibility index (Phi) is 48.4. The molecule has 0 radical (unpaired) electrons. The van der Waals surface area contributed by atoms with Gasteiger partial charge < -0.3 is 14.2 Å². The lowest BCUT2D eigenvalue weighted by Crippen LogP contribution is -2.30. The van der Waals surface area contributed by atoms with Gasteiger partial charge in [0.05, 0.1) is 0 Å². The summed E-state index contributed by atoms with van der Waals surface area (Å²) in [5.41, 5.74) is 0. The van der Waals surface area contributed by atoms with Gasteiger partial charge in [0.1, 0.15) is 13.2 Å². The number of hydrogen-bond acceptors (Lipinski definition) is 6. The zero-order valence-corrected chi connectivity index (χ0v) is 40.9. The molecule has 0 aromatic heterocycles. The van der Waals surface area contributed by atoms with Gasteiger partial charge in [-0.05, 0) is 70.6 Å². The van der Waals surface area contributed by atoms with E-state index in [1.807, 2.05) is 0 Å². The summed E-state index contributed by atoms with van der Waals surface area (Å²) in [6, 6.07) is 0. The van der Waals surface area contributed by atoms with E-state index >= 15 is 0 Å². The van der Waals surface area contributed by atoms with E-state index in [1.165, 1.54) is 116 Å². The van der Waals surface area contributed by atoms with E-state index in [0.717, 1.165) is 103 Å². The Labute approximate surface area is 383 Å². The predicted molar refractivity (Wildman–Crippen MR) is 265 cm³/mol. The van der Waals surface area contributed by atoms with E-state index < -0.39 is 6.10 Å². The molecule has 62 heavy (non-hydrogen) atoms. The molecule has 0 fully saturated rings. The molecule has 0 amide bonds. The highest BCUT2D eigenvalue weighted by atomic mass is 16.6. The highest BCUT2D eigenvalue weighted by Crippen LogP contribution is 2.16. The molecular formula is C56H98O6. The fourth-order valence-electron chi connectivity index (χ4n) is 7.32. The second-order valence-electron chi connectivity index (χ2n) is 17.4. The topological polar surface area (TPSA) is 78.9 Å². The lowest BCUT2D eigenvalue weighted by molar-refractivity contribution is -0.167. The third-order valence-corrected chi connectivity index (χ3v) is 11.3. The number of carbonyl (C=O) groups excluding carboxylic acids is 3. The molecule has 0 saturated heterocycles. The average molecular weight is 867 g/mol. The molecule has 0 aromatic rings. The number of esters is 3. The van der Waals surface area contributed by atoms with Gasteiger partial charge >= 0.3 is 17.9 Å². The summed E-state index contributed by atoms with van der Waals surface area (Å²) in [6.07, 6.45) is 62.1. The summed E-state index contributed by atoms with van der Waals surface area (Å²) in [6.45, 7) is 6.46. The molecule has 1 unspecified atom stereocenters. The van der Waals surface area contributed by atoms with Crippen molar-refractivity contribution in [1.29, 1.82) is 0 Å². The zero-order chi connectivity index (χ0) is 45.1.